The van der Waals surface area contributed by atoms with Gasteiger partial charge in [0.05, 0.1) is 25.4 Å². The lowest BCUT2D eigenvalue weighted by Gasteiger charge is -2.22. The van der Waals surface area contributed by atoms with E-state index in [0.29, 0.717) is 25.9 Å². The lowest BCUT2D eigenvalue weighted by atomic mass is 10.0. The SMILES string of the molecule is CCCCC/C=C\C/C=C\CCCCCCCC(=O)OCCCCCCCCCCCCCCCCCCCCCCCCCCCCCCCCCCCCCCCC(=O)NC(CO)C(O)CCCCCCCCCCCCCCCCCCCCC. The Morgan fingerprint density at radius 1 is 0.318 bits per heavy atom. The van der Waals surface area contributed by atoms with E-state index in [1.807, 2.05) is 0 Å². The highest BCUT2D eigenvalue weighted by atomic mass is 16.5. The zero-order chi connectivity index (χ0) is 63.5. The summed E-state index contributed by atoms with van der Waals surface area (Å²) in [6.45, 7) is 4.97. The molecule has 0 spiro atoms. The quantitative estimate of drug-likeness (QED) is 0.0320. The average molecular weight is 1240 g/mol. The minimum atomic E-state index is -0.661. The molecule has 0 fully saturated rings. The van der Waals surface area contributed by atoms with Crippen LogP contribution >= 0.6 is 0 Å². The second kappa shape index (κ2) is 77.8. The minimum Gasteiger partial charge on any atom is -0.466 e. The Labute approximate surface area is 551 Å². The number of nitrogens with one attached hydrogen (secondary N) is 1. The molecule has 0 saturated heterocycles. The van der Waals surface area contributed by atoms with Gasteiger partial charge < -0.3 is 20.3 Å². The van der Waals surface area contributed by atoms with E-state index in [1.165, 1.54) is 379 Å². The molecule has 0 aromatic heterocycles. The monoisotopic (exact) mass is 1240 g/mol. The first-order chi connectivity index (χ1) is 43.5. The minimum absolute atomic E-state index is 0.0102. The first kappa shape index (κ1) is 86.3. The fraction of sp³-hybridized carbons (Fsp3) is 0.927. The van der Waals surface area contributed by atoms with Crippen molar-refractivity contribution in [3.8, 4) is 0 Å². The van der Waals surface area contributed by atoms with Crippen LogP contribution in [0.1, 0.15) is 463 Å². The van der Waals surface area contributed by atoms with Crippen LogP contribution in [-0.2, 0) is 14.3 Å². The number of hydrogen-bond donors (Lipinski definition) is 3. The van der Waals surface area contributed by atoms with Crippen molar-refractivity contribution < 1.29 is 24.5 Å². The third-order valence-corrected chi connectivity index (χ3v) is 19.3. The zero-order valence-electron chi connectivity index (χ0n) is 60.0. The van der Waals surface area contributed by atoms with Gasteiger partial charge in [-0.3, -0.25) is 9.59 Å². The highest BCUT2D eigenvalue weighted by Crippen LogP contribution is 2.20. The van der Waals surface area contributed by atoms with Gasteiger partial charge in [-0.15, -0.1) is 0 Å². The van der Waals surface area contributed by atoms with Crippen molar-refractivity contribution >= 4 is 11.9 Å². The van der Waals surface area contributed by atoms with E-state index >= 15 is 0 Å². The second-order valence-electron chi connectivity index (χ2n) is 28.1. The van der Waals surface area contributed by atoms with Crippen molar-refractivity contribution in [3.05, 3.63) is 24.3 Å². The van der Waals surface area contributed by atoms with Gasteiger partial charge in [-0.2, -0.15) is 0 Å². The van der Waals surface area contributed by atoms with Gasteiger partial charge in [0.1, 0.15) is 0 Å². The van der Waals surface area contributed by atoms with E-state index in [1.54, 1.807) is 0 Å². The molecule has 0 aliphatic carbocycles. The maximum atomic E-state index is 12.6. The van der Waals surface area contributed by atoms with E-state index < -0.39 is 12.1 Å². The highest BCUT2D eigenvalue weighted by molar-refractivity contribution is 5.76. The van der Waals surface area contributed by atoms with E-state index in [9.17, 15) is 19.8 Å². The summed E-state index contributed by atoms with van der Waals surface area (Å²) in [5.74, 6) is -0.0140. The van der Waals surface area contributed by atoms with Gasteiger partial charge >= 0.3 is 5.97 Å². The fourth-order valence-electron chi connectivity index (χ4n) is 13.1. The lowest BCUT2D eigenvalue weighted by Crippen LogP contribution is -2.45. The average Bonchev–Trinajstić information content (AvgIpc) is 3.60. The fourth-order valence-corrected chi connectivity index (χ4v) is 13.1. The molecule has 0 saturated carbocycles. The van der Waals surface area contributed by atoms with Gasteiger partial charge in [0, 0.05) is 12.8 Å². The molecule has 3 N–H and O–H groups in total. The van der Waals surface area contributed by atoms with Crippen molar-refractivity contribution in [2.45, 2.75) is 475 Å². The Balaban J connectivity index is 3.30. The van der Waals surface area contributed by atoms with E-state index in [-0.39, 0.29) is 18.5 Å². The predicted octanol–water partition coefficient (Wildman–Crippen LogP) is 26.8. The summed E-state index contributed by atoms with van der Waals surface area (Å²) in [6, 6.07) is -0.537. The predicted molar refractivity (Wildman–Crippen MR) is 389 cm³/mol. The maximum Gasteiger partial charge on any atom is 0.305 e. The summed E-state index contributed by atoms with van der Waals surface area (Å²) >= 11 is 0. The topological polar surface area (TPSA) is 95.9 Å². The molecule has 0 aliphatic heterocycles. The van der Waals surface area contributed by atoms with Crippen molar-refractivity contribution in [1.82, 2.24) is 5.32 Å². The summed E-state index contributed by atoms with van der Waals surface area (Å²) in [4.78, 5) is 24.6. The highest BCUT2D eigenvalue weighted by Gasteiger charge is 2.20. The van der Waals surface area contributed by atoms with E-state index in [0.717, 1.165) is 51.4 Å². The number of rotatable bonds is 77. The lowest BCUT2D eigenvalue weighted by molar-refractivity contribution is -0.143. The molecule has 0 aromatic carbocycles. The number of carbonyl (C=O) groups excluding carboxylic acids is 2. The third kappa shape index (κ3) is 73.4. The number of amides is 1. The van der Waals surface area contributed by atoms with Crippen molar-refractivity contribution in [1.29, 1.82) is 0 Å². The molecule has 0 heterocycles. The number of aliphatic hydroxyl groups is 2. The van der Waals surface area contributed by atoms with Crippen LogP contribution in [0.4, 0.5) is 0 Å². The second-order valence-corrected chi connectivity index (χ2v) is 28.1. The molecule has 522 valence electrons. The Kier molecular flexibility index (Phi) is 76.3. The standard InChI is InChI=1S/C82H159NO5/c1-3-5-7-9-11-13-15-17-19-20-40-43-47-50-54-58-62-66-70-74-80(85)79(78-84)83-81(86)75-71-67-63-59-55-51-48-44-41-38-36-34-32-30-28-26-24-22-21-23-25-27-29-31-33-35-37-39-42-45-49-53-57-61-65-69-73-77-88-82(87)76-72-68-64-60-56-52-46-18-16-14-12-10-8-6-4-2/h12,14,18,46,79-80,84-85H,3-11,13,15-17,19-45,47-78H2,1-2H3,(H,83,86)/b14-12-,46-18-. The van der Waals surface area contributed by atoms with E-state index in [4.69, 9.17) is 4.74 Å². The molecule has 0 aliphatic rings. The van der Waals surface area contributed by atoms with E-state index in [2.05, 4.69) is 43.5 Å². The van der Waals surface area contributed by atoms with Crippen LogP contribution in [0.3, 0.4) is 0 Å². The molecule has 0 rings (SSSR count). The third-order valence-electron chi connectivity index (χ3n) is 19.3. The molecule has 6 nitrogen and oxygen atoms in total. The van der Waals surface area contributed by atoms with Gasteiger partial charge in [-0.25, -0.2) is 0 Å². The summed E-state index contributed by atoms with van der Waals surface area (Å²) in [7, 11) is 0. The normalized spacial score (nSPS) is 12.5. The largest absolute Gasteiger partial charge is 0.466 e. The van der Waals surface area contributed by atoms with Gasteiger partial charge in [-0.05, 0) is 57.8 Å². The molecular weight excluding hydrogens is 1080 g/mol. The molecule has 0 bridgehead atoms. The first-order valence-corrected chi connectivity index (χ1v) is 40.6. The van der Waals surface area contributed by atoms with Crippen molar-refractivity contribution in [2.75, 3.05) is 13.2 Å². The van der Waals surface area contributed by atoms with Crippen LogP contribution in [-0.4, -0.2) is 47.4 Å². The molecular formula is C82H159NO5. The molecule has 88 heavy (non-hydrogen) atoms. The summed E-state index contributed by atoms with van der Waals surface area (Å²) in [5, 5.41) is 23.4. The van der Waals surface area contributed by atoms with Gasteiger partial charge in [-0.1, -0.05) is 417 Å². The number of esters is 1. The van der Waals surface area contributed by atoms with Crippen LogP contribution in [0, 0.1) is 0 Å². The zero-order valence-corrected chi connectivity index (χ0v) is 60.0. The van der Waals surface area contributed by atoms with Crippen LogP contribution < -0.4 is 5.32 Å². The van der Waals surface area contributed by atoms with Gasteiger partial charge in [0.2, 0.25) is 5.91 Å². The van der Waals surface area contributed by atoms with Crippen molar-refractivity contribution in [3.63, 3.8) is 0 Å². The summed E-state index contributed by atoms with van der Waals surface area (Å²) in [5.41, 5.74) is 0. The number of carbonyl (C=O) groups is 2. The number of hydrogen-bond acceptors (Lipinski definition) is 5. The molecule has 2 unspecified atom stereocenters. The number of ether oxygens (including phenoxy) is 1. The van der Waals surface area contributed by atoms with Crippen LogP contribution in [0.2, 0.25) is 0 Å². The Hall–Kier alpha value is -1.66. The van der Waals surface area contributed by atoms with Crippen LogP contribution in [0.25, 0.3) is 0 Å². The molecule has 6 heteroatoms. The number of allylic oxidation sites excluding steroid dienone is 4. The Morgan fingerprint density at radius 2 is 0.568 bits per heavy atom. The summed E-state index contributed by atoms with van der Waals surface area (Å²) in [6.07, 6.45) is 100. The molecule has 2 atom stereocenters. The van der Waals surface area contributed by atoms with Gasteiger partial charge in [0.15, 0.2) is 0 Å². The first-order valence-electron chi connectivity index (χ1n) is 40.6. The van der Waals surface area contributed by atoms with Gasteiger partial charge in [0.25, 0.3) is 0 Å². The Morgan fingerprint density at radius 3 is 0.886 bits per heavy atom. The maximum absolute atomic E-state index is 12.6. The summed E-state index contributed by atoms with van der Waals surface area (Å²) < 4.78 is 5.50. The van der Waals surface area contributed by atoms with Crippen molar-refractivity contribution in [2.24, 2.45) is 0 Å². The van der Waals surface area contributed by atoms with Crippen LogP contribution in [0.5, 0.6) is 0 Å². The number of aliphatic hydroxyl groups excluding tert-OH is 2. The number of unbranched alkanes of at least 4 members (excludes halogenated alkanes) is 62. The molecule has 0 radical (unpaired) electrons. The molecule has 0 aromatic rings. The Bertz CT molecular complexity index is 1380. The van der Waals surface area contributed by atoms with Crippen LogP contribution in [0.15, 0.2) is 24.3 Å². The molecule has 1 amide bonds. The smallest absolute Gasteiger partial charge is 0.305 e.